The van der Waals surface area contributed by atoms with Gasteiger partial charge in [0.1, 0.15) is 5.75 Å². The highest BCUT2D eigenvalue weighted by Gasteiger charge is 2.18. The molecular formula is C14H11BrClIO. The fourth-order valence-electron chi connectivity index (χ4n) is 1.75. The van der Waals surface area contributed by atoms with Gasteiger partial charge in [0.2, 0.25) is 0 Å². The molecule has 2 rings (SSSR count). The van der Waals surface area contributed by atoms with Crippen molar-refractivity contribution in [1.29, 1.82) is 0 Å². The minimum Gasteiger partial charge on any atom is -0.496 e. The molecule has 2 aromatic rings. The second-order valence-electron chi connectivity index (χ2n) is 3.77. The van der Waals surface area contributed by atoms with Crippen molar-refractivity contribution in [3.63, 3.8) is 0 Å². The van der Waals surface area contributed by atoms with Crippen LogP contribution in [0.5, 0.6) is 5.75 Å². The highest BCUT2D eigenvalue weighted by molar-refractivity contribution is 14.1. The Morgan fingerprint density at radius 1 is 1.17 bits per heavy atom. The lowest BCUT2D eigenvalue weighted by Crippen LogP contribution is -1.99. The molecule has 0 aliphatic rings. The predicted octanol–water partition coefficient (Wildman–Crippen LogP) is 5.39. The SMILES string of the molecule is COc1ccc(Br)cc1C(Cl)c1ccccc1I. The van der Waals surface area contributed by atoms with Crippen LogP contribution in [0.1, 0.15) is 16.5 Å². The van der Waals surface area contributed by atoms with E-state index in [1.54, 1.807) is 7.11 Å². The number of ether oxygens (including phenoxy) is 1. The lowest BCUT2D eigenvalue weighted by Gasteiger charge is -2.16. The van der Waals surface area contributed by atoms with Crippen LogP contribution in [0.3, 0.4) is 0 Å². The van der Waals surface area contributed by atoms with Crippen molar-refractivity contribution in [2.24, 2.45) is 0 Å². The maximum atomic E-state index is 6.59. The molecule has 0 saturated heterocycles. The molecule has 18 heavy (non-hydrogen) atoms. The zero-order valence-electron chi connectivity index (χ0n) is 9.66. The van der Waals surface area contributed by atoms with Gasteiger partial charge in [-0.05, 0) is 52.4 Å². The molecule has 0 aliphatic heterocycles. The lowest BCUT2D eigenvalue weighted by molar-refractivity contribution is 0.410. The smallest absolute Gasteiger partial charge is 0.123 e. The first-order valence-electron chi connectivity index (χ1n) is 5.35. The molecule has 0 saturated carbocycles. The van der Waals surface area contributed by atoms with Crippen molar-refractivity contribution in [2.45, 2.75) is 5.38 Å². The van der Waals surface area contributed by atoms with Crippen LogP contribution in [-0.2, 0) is 0 Å². The first-order chi connectivity index (χ1) is 8.63. The van der Waals surface area contributed by atoms with Crippen molar-refractivity contribution in [3.05, 3.63) is 61.6 Å². The molecule has 0 fully saturated rings. The van der Waals surface area contributed by atoms with Gasteiger partial charge < -0.3 is 4.74 Å². The van der Waals surface area contributed by atoms with Gasteiger partial charge in [-0.3, -0.25) is 0 Å². The summed E-state index contributed by atoms with van der Waals surface area (Å²) < 4.78 is 7.52. The van der Waals surface area contributed by atoms with Gasteiger partial charge in [0, 0.05) is 13.6 Å². The van der Waals surface area contributed by atoms with Gasteiger partial charge in [-0.25, -0.2) is 0 Å². The summed E-state index contributed by atoms with van der Waals surface area (Å²) in [7, 11) is 1.66. The predicted molar refractivity (Wildman–Crippen MR) is 87.5 cm³/mol. The normalized spacial score (nSPS) is 12.2. The quantitative estimate of drug-likeness (QED) is 0.462. The molecule has 0 aromatic heterocycles. The molecule has 1 unspecified atom stereocenters. The Balaban J connectivity index is 2.48. The van der Waals surface area contributed by atoms with Crippen LogP contribution in [0.25, 0.3) is 0 Å². The van der Waals surface area contributed by atoms with Crippen LogP contribution in [0.15, 0.2) is 46.9 Å². The second kappa shape index (κ2) is 6.26. The van der Waals surface area contributed by atoms with E-state index in [9.17, 15) is 0 Å². The Kier molecular flexibility index (Phi) is 4.92. The van der Waals surface area contributed by atoms with Gasteiger partial charge >= 0.3 is 0 Å². The molecule has 2 aromatic carbocycles. The average molecular weight is 438 g/mol. The van der Waals surface area contributed by atoms with Crippen molar-refractivity contribution in [1.82, 2.24) is 0 Å². The van der Waals surface area contributed by atoms with E-state index < -0.39 is 0 Å². The van der Waals surface area contributed by atoms with E-state index in [0.717, 1.165) is 24.9 Å². The number of hydrogen-bond acceptors (Lipinski definition) is 1. The molecule has 94 valence electrons. The van der Waals surface area contributed by atoms with E-state index in [2.05, 4.69) is 44.6 Å². The van der Waals surface area contributed by atoms with Gasteiger partial charge in [0.25, 0.3) is 0 Å². The van der Waals surface area contributed by atoms with E-state index >= 15 is 0 Å². The van der Waals surface area contributed by atoms with Gasteiger partial charge in [-0.2, -0.15) is 0 Å². The van der Waals surface area contributed by atoms with Crippen LogP contribution in [0.2, 0.25) is 0 Å². The Morgan fingerprint density at radius 3 is 2.56 bits per heavy atom. The zero-order chi connectivity index (χ0) is 13.1. The summed E-state index contributed by atoms with van der Waals surface area (Å²) in [6.45, 7) is 0. The van der Waals surface area contributed by atoms with Crippen LogP contribution in [0, 0.1) is 3.57 Å². The van der Waals surface area contributed by atoms with Crippen LogP contribution < -0.4 is 4.74 Å². The molecule has 0 radical (unpaired) electrons. The topological polar surface area (TPSA) is 9.23 Å². The molecular weight excluding hydrogens is 426 g/mol. The molecule has 0 heterocycles. The summed E-state index contributed by atoms with van der Waals surface area (Å²) in [4.78, 5) is 0. The van der Waals surface area contributed by atoms with Crippen molar-refractivity contribution < 1.29 is 4.74 Å². The van der Waals surface area contributed by atoms with Crippen molar-refractivity contribution in [2.75, 3.05) is 7.11 Å². The molecule has 0 bridgehead atoms. The van der Waals surface area contributed by atoms with Crippen LogP contribution in [0.4, 0.5) is 0 Å². The Bertz CT molecular complexity index is 559. The first-order valence-corrected chi connectivity index (χ1v) is 7.66. The molecule has 1 atom stereocenters. The maximum absolute atomic E-state index is 6.59. The van der Waals surface area contributed by atoms with Gasteiger partial charge in [0.15, 0.2) is 0 Å². The van der Waals surface area contributed by atoms with Gasteiger partial charge in [-0.1, -0.05) is 34.1 Å². The fraction of sp³-hybridized carbons (Fsp3) is 0.143. The first kappa shape index (κ1) is 14.2. The maximum Gasteiger partial charge on any atom is 0.123 e. The van der Waals surface area contributed by atoms with Crippen LogP contribution >= 0.6 is 50.1 Å². The molecule has 4 heteroatoms. The summed E-state index contributed by atoms with van der Waals surface area (Å²) in [5, 5.41) is -0.217. The third-order valence-electron chi connectivity index (χ3n) is 2.64. The second-order valence-corrected chi connectivity index (χ2v) is 6.28. The number of alkyl halides is 1. The molecule has 0 N–H and O–H groups in total. The van der Waals surface area contributed by atoms with E-state index in [0.29, 0.717) is 0 Å². The number of benzene rings is 2. The minimum absolute atomic E-state index is 0.217. The molecule has 0 spiro atoms. The van der Waals surface area contributed by atoms with E-state index in [1.807, 2.05) is 36.4 Å². The Hall–Kier alpha value is -0.260. The van der Waals surface area contributed by atoms with E-state index in [-0.39, 0.29) is 5.38 Å². The monoisotopic (exact) mass is 436 g/mol. The highest BCUT2D eigenvalue weighted by Crippen LogP contribution is 2.38. The summed E-state index contributed by atoms with van der Waals surface area (Å²) in [5.41, 5.74) is 2.06. The minimum atomic E-state index is -0.217. The summed E-state index contributed by atoms with van der Waals surface area (Å²) in [6, 6.07) is 14.0. The van der Waals surface area contributed by atoms with Gasteiger partial charge in [0.05, 0.1) is 12.5 Å². The number of rotatable bonds is 3. The summed E-state index contributed by atoms with van der Waals surface area (Å²) >= 11 is 12.4. The third-order valence-corrected chi connectivity index (χ3v) is 4.59. The number of methoxy groups -OCH3 is 1. The van der Waals surface area contributed by atoms with E-state index in [4.69, 9.17) is 16.3 Å². The fourth-order valence-corrected chi connectivity index (χ4v) is 3.37. The standard InChI is InChI=1S/C14H11BrClIO/c1-18-13-7-6-9(15)8-11(13)14(16)10-4-2-3-5-12(10)17/h2-8,14H,1H3. The third kappa shape index (κ3) is 3.00. The Labute approximate surface area is 134 Å². The number of halogens is 3. The zero-order valence-corrected chi connectivity index (χ0v) is 14.2. The van der Waals surface area contributed by atoms with E-state index in [1.165, 1.54) is 0 Å². The largest absolute Gasteiger partial charge is 0.496 e. The molecule has 0 aliphatic carbocycles. The summed E-state index contributed by atoms with van der Waals surface area (Å²) in [5.74, 6) is 0.804. The Morgan fingerprint density at radius 2 is 1.89 bits per heavy atom. The van der Waals surface area contributed by atoms with Gasteiger partial charge in [-0.15, -0.1) is 11.6 Å². The van der Waals surface area contributed by atoms with Crippen molar-refractivity contribution >= 4 is 50.1 Å². The lowest BCUT2D eigenvalue weighted by atomic mass is 10.0. The average Bonchev–Trinajstić information content (AvgIpc) is 2.38. The van der Waals surface area contributed by atoms with Crippen molar-refractivity contribution in [3.8, 4) is 5.75 Å². The summed E-state index contributed by atoms with van der Waals surface area (Å²) in [6.07, 6.45) is 0. The molecule has 0 amide bonds. The molecule has 1 nitrogen and oxygen atoms in total. The highest BCUT2D eigenvalue weighted by atomic mass is 127. The van der Waals surface area contributed by atoms with Crippen LogP contribution in [-0.4, -0.2) is 7.11 Å². The number of hydrogen-bond donors (Lipinski definition) is 0.